The lowest BCUT2D eigenvalue weighted by molar-refractivity contribution is -0.137. The van der Waals surface area contributed by atoms with Crippen molar-refractivity contribution in [1.29, 1.82) is 0 Å². The molecule has 0 rings (SSSR count). The average Bonchev–Trinajstić information content (AvgIpc) is 2.00. The number of nitrogens with one attached hydrogen (secondary N) is 2. The highest BCUT2D eigenvalue weighted by molar-refractivity contribution is 5.76. The number of carboxylic acid groups (broad SMARTS) is 1. The van der Waals surface area contributed by atoms with Crippen LogP contribution < -0.4 is 10.6 Å². The molecule has 15 heavy (non-hydrogen) atoms. The molecule has 0 aliphatic heterocycles. The predicted molar refractivity (Wildman–Crippen MR) is 57.8 cm³/mol. The van der Waals surface area contributed by atoms with Gasteiger partial charge in [-0.2, -0.15) is 0 Å². The van der Waals surface area contributed by atoms with Gasteiger partial charge < -0.3 is 15.7 Å². The maximum atomic E-state index is 11.4. The fourth-order valence-corrected chi connectivity index (χ4v) is 0.969. The van der Waals surface area contributed by atoms with E-state index in [-0.39, 0.29) is 24.0 Å². The summed E-state index contributed by atoms with van der Waals surface area (Å²) < 4.78 is 0. The first-order valence-corrected chi connectivity index (χ1v) is 5.07. The quantitative estimate of drug-likeness (QED) is 0.649. The highest BCUT2D eigenvalue weighted by Crippen LogP contribution is 2.06. The average molecular weight is 216 g/mol. The van der Waals surface area contributed by atoms with Crippen molar-refractivity contribution in [3.63, 3.8) is 0 Å². The maximum Gasteiger partial charge on any atom is 0.315 e. The Hall–Kier alpha value is -1.26. The number of urea groups is 1. The third-order valence-electron chi connectivity index (χ3n) is 2.19. The second-order valence-corrected chi connectivity index (χ2v) is 4.33. The molecule has 3 N–H and O–H groups in total. The Morgan fingerprint density at radius 3 is 2.33 bits per heavy atom. The van der Waals surface area contributed by atoms with Crippen LogP contribution in [0, 0.1) is 0 Å². The summed E-state index contributed by atoms with van der Waals surface area (Å²) >= 11 is 0. The minimum absolute atomic E-state index is 0.0695. The smallest absolute Gasteiger partial charge is 0.315 e. The zero-order chi connectivity index (χ0) is 12.1. The molecule has 0 radical (unpaired) electrons. The van der Waals surface area contributed by atoms with E-state index in [0.29, 0.717) is 0 Å². The Bertz CT molecular complexity index is 239. The van der Waals surface area contributed by atoms with Crippen LogP contribution in [0.4, 0.5) is 4.79 Å². The zero-order valence-electron chi connectivity index (χ0n) is 9.76. The fourth-order valence-electron chi connectivity index (χ4n) is 0.969. The molecule has 0 saturated carbocycles. The van der Waals surface area contributed by atoms with Crippen molar-refractivity contribution in [2.45, 2.75) is 52.1 Å². The molecule has 5 heteroatoms. The maximum absolute atomic E-state index is 11.4. The van der Waals surface area contributed by atoms with Crippen LogP contribution in [-0.4, -0.2) is 28.7 Å². The highest BCUT2D eigenvalue weighted by Gasteiger charge is 2.19. The summed E-state index contributed by atoms with van der Waals surface area (Å²) in [6.07, 6.45) is 0.744. The van der Waals surface area contributed by atoms with Crippen LogP contribution in [0.5, 0.6) is 0 Å². The number of hydrogen-bond donors (Lipinski definition) is 3. The number of amides is 2. The molecule has 0 spiro atoms. The summed E-state index contributed by atoms with van der Waals surface area (Å²) in [6.45, 7) is 7.45. The van der Waals surface area contributed by atoms with Crippen LogP contribution in [-0.2, 0) is 4.79 Å². The van der Waals surface area contributed by atoms with E-state index in [0.717, 1.165) is 6.42 Å². The van der Waals surface area contributed by atoms with E-state index in [2.05, 4.69) is 10.6 Å². The van der Waals surface area contributed by atoms with Crippen molar-refractivity contribution in [3.8, 4) is 0 Å². The van der Waals surface area contributed by atoms with E-state index < -0.39 is 5.97 Å². The van der Waals surface area contributed by atoms with Gasteiger partial charge in [-0.25, -0.2) is 4.79 Å². The largest absolute Gasteiger partial charge is 0.481 e. The second-order valence-electron chi connectivity index (χ2n) is 4.33. The van der Waals surface area contributed by atoms with Gasteiger partial charge in [-0.1, -0.05) is 6.92 Å². The number of carboxylic acids is 1. The van der Waals surface area contributed by atoms with E-state index in [9.17, 15) is 9.59 Å². The molecule has 0 saturated heterocycles. The fraction of sp³-hybridized carbons (Fsp3) is 0.800. The molecule has 0 aromatic heterocycles. The molecule has 0 aromatic rings. The standard InChI is InChI=1S/C10H20N2O3/c1-5-10(3,4)12-9(15)11-7(2)6-8(13)14/h7H,5-6H2,1-4H3,(H,13,14)(H2,11,12,15). The molecule has 0 fully saturated rings. The van der Waals surface area contributed by atoms with Gasteiger partial charge in [0.25, 0.3) is 0 Å². The van der Waals surface area contributed by atoms with Crippen LogP contribution >= 0.6 is 0 Å². The number of carbonyl (C=O) groups excluding carboxylic acids is 1. The Morgan fingerprint density at radius 1 is 1.40 bits per heavy atom. The summed E-state index contributed by atoms with van der Waals surface area (Å²) in [5.74, 6) is -0.919. The van der Waals surface area contributed by atoms with Crippen molar-refractivity contribution < 1.29 is 14.7 Å². The van der Waals surface area contributed by atoms with Gasteiger partial charge in [0.2, 0.25) is 0 Å². The van der Waals surface area contributed by atoms with Crippen molar-refractivity contribution in [3.05, 3.63) is 0 Å². The number of carbonyl (C=O) groups is 2. The van der Waals surface area contributed by atoms with E-state index in [4.69, 9.17) is 5.11 Å². The SMILES string of the molecule is CCC(C)(C)NC(=O)NC(C)CC(=O)O. The second kappa shape index (κ2) is 5.58. The molecular formula is C10H20N2O3. The third-order valence-corrected chi connectivity index (χ3v) is 2.19. The normalized spacial score (nSPS) is 13.1. The van der Waals surface area contributed by atoms with E-state index >= 15 is 0 Å². The van der Waals surface area contributed by atoms with Gasteiger partial charge >= 0.3 is 12.0 Å². The Balaban J connectivity index is 3.98. The lowest BCUT2D eigenvalue weighted by atomic mass is 10.0. The monoisotopic (exact) mass is 216 g/mol. The Labute approximate surface area is 90.2 Å². The Morgan fingerprint density at radius 2 is 1.93 bits per heavy atom. The molecule has 0 aromatic carbocycles. The lowest BCUT2D eigenvalue weighted by Gasteiger charge is -2.25. The van der Waals surface area contributed by atoms with Crippen LogP contribution in [0.1, 0.15) is 40.5 Å². The van der Waals surface area contributed by atoms with Gasteiger partial charge in [-0.05, 0) is 27.2 Å². The molecule has 88 valence electrons. The van der Waals surface area contributed by atoms with Crippen LogP contribution in [0.2, 0.25) is 0 Å². The van der Waals surface area contributed by atoms with Gasteiger partial charge in [-0.3, -0.25) is 4.79 Å². The Kier molecular flexibility index (Phi) is 5.11. The van der Waals surface area contributed by atoms with Crippen molar-refractivity contribution >= 4 is 12.0 Å². The molecule has 1 unspecified atom stereocenters. The molecule has 1 atom stereocenters. The number of hydrogen-bond acceptors (Lipinski definition) is 2. The van der Waals surface area contributed by atoms with Gasteiger partial charge in [0.1, 0.15) is 0 Å². The number of rotatable bonds is 5. The van der Waals surface area contributed by atoms with Gasteiger partial charge in [0, 0.05) is 11.6 Å². The van der Waals surface area contributed by atoms with Crippen molar-refractivity contribution in [2.24, 2.45) is 0 Å². The predicted octanol–water partition coefficient (Wildman–Crippen LogP) is 1.34. The summed E-state index contributed by atoms with van der Waals surface area (Å²) in [6, 6.07) is -0.689. The highest BCUT2D eigenvalue weighted by atomic mass is 16.4. The summed E-state index contributed by atoms with van der Waals surface area (Å²) in [5.41, 5.74) is -0.271. The molecule has 0 bridgehead atoms. The van der Waals surface area contributed by atoms with E-state index in [1.807, 2.05) is 20.8 Å². The van der Waals surface area contributed by atoms with Crippen LogP contribution in [0.3, 0.4) is 0 Å². The minimum Gasteiger partial charge on any atom is -0.481 e. The van der Waals surface area contributed by atoms with Crippen molar-refractivity contribution in [1.82, 2.24) is 10.6 Å². The molecule has 0 heterocycles. The van der Waals surface area contributed by atoms with Crippen LogP contribution in [0.15, 0.2) is 0 Å². The summed E-state index contributed by atoms with van der Waals surface area (Å²) in [7, 11) is 0. The van der Waals surface area contributed by atoms with Crippen LogP contribution in [0.25, 0.3) is 0 Å². The molecule has 2 amide bonds. The van der Waals surface area contributed by atoms with Gasteiger partial charge in [0.15, 0.2) is 0 Å². The number of aliphatic carboxylic acids is 1. The lowest BCUT2D eigenvalue weighted by Crippen LogP contribution is -2.50. The first-order chi connectivity index (χ1) is 6.76. The van der Waals surface area contributed by atoms with E-state index in [1.165, 1.54) is 0 Å². The summed E-state index contributed by atoms with van der Waals surface area (Å²) in [4.78, 5) is 21.8. The van der Waals surface area contributed by atoms with Gasteiger partial charge in [0.05, 0.1) is 6.42 Å². The molecule has 5 nitrogen and oxygen atoms in total. The molecule has 0 aliphatic carbocycles. The minimum atomic E-state index is -0.919. The van der Waals surface area contributed by atoms with Crippen molar-refractivity contribution in [2.75, 3.05) is 0 Å². The topological polar surface area (TPSA) is 78.4 Å². The van der Waals surface area contributed by atoms with Gasteiger partial charge in [-0.15, -0.1) is 0 Å². The first-order valence-electron chi connectivity index (χ1n) is 5.07. The molecular weight excluding hydrogens is 196 g/mol. The summed E-state index contributed by atoms with van der Waals surface area (Å²) in [5, 5.41) is 13.8. The first kappa shape index (κ1) is 13.7. The third kappa shape index (κ3) is 6.76. The van der Waals surface area contributed by atoms with E-state index in [1.54, 1.807) is 6.92 Å². The molecule has 0 aliphatic rings. The zero-order valence-corrected chi connectivity index (χ0v) is 9.76.